The van der Waals surface area contributed by atoms with Crippen molar-refractivity contribution in [1.82, 2.24) is 4.31 Å². The Kier molecular flexibility index (Phi) is 6.91. The molecule has 0 radical (unpaired) electrons. The van der Waals surface area contributed by atoms with E-state index in [4.69, 9.17) is 16.3 Å². The van der Waals surface area contributed by atoms with Crippen molar-refractivity contribution in [3.63, 3.8) is 0 Å². The third kappa shape index (κ3) is 4.75. The summed E-state index contributed by atoms with van der Waals surface area (Å²) >= 11 is 5.98. The lowest BCUT2D eigenvalue weighted by atomic mass is 10.3. The molecule has 0 aliphatic carbocycles. The number of nitrogens with one attached hydrogen (secondary N) is 1. The van der Waals surface area contributed by atoms with Gasteiger partial charge in [0, 0.05) is 7.05 Å². The SMILES string of the molecule is CCOc1ccc(S(=O)(=O)N(C)CC(=O)Nc2ccc(F)c(F)c2F)cc1Cl. The van der Waals surface area contributed by atoms with Crippen molar-refractivity contribution >= 4 is 33.2 Å². The Morgan fingerprint density at radius 1 is 1.18 bits per heavy atom. The first-order chi connectivity index (χ1) is 13.1. The van der Waals surface area contributed by atoms with E-state index in [2.05, 4.69) is 0 Å². The predicted octanol–water partition coefficient (Wildman–Crippen LogP) is 3.42. The number of ether oxygens (including phenoxy) is 1. The summed E-state index contributed by atoms with van der Waals surface area (Å²) in [6.45, 7) is 1.38. The molecule has 152 valence electrons. The van der Waals surface area contributed by atoms with Gasteiger partial charge in [0.05, 0.1) is 28.8 Å². The molecule has 0 unspecified atom stereocenters. The van der Waals surface area contributed by atoms with Gasteiger partial charge in [-0.15, -0.1) is 0 Å². The fourth-order valence-corrected chi connectivity index (χ4v) is 3.65. The zero-order valence-electron chi connectivity index (χ0n) is 14.8. The van der Waals surface area contributed by atoms with E-state index < -0.39 is 45.6 Å². The van der Waals surface area contributed by atoms with Crippen LogP contribution in [0.25, 0.3) is 0 Å². The third-order valence-electron chi connectivity index (χ3n) is 3.59. The molecule has 0 aliphatic rings. The van der Waals surface area contributed by atoms with Crippen LogP contribution in [0.3, 0.4) is 0 Å². The van der Waals surface area contributed by atoms with Crippen LogP contribution in [0.1, 0.15) is 6.92 Å². The molecular formula is C17H16ClF3N2O4S. The average Bonchev–Trinajstić information content (AvgIpc) is 2.63. The summed E-state index contributed by atoms with van der Waals surface area (Å²) in [4.78, 5) is 11.8. The highest BCUT2D eigenvalue weighted by Crippen LogP contribution is 2.28. The van der Waals surface area contributed by atoms with E-state index in [0.29, 0.717) is 22.7 Å². The van der Waals surface area contributed by atoms with Crippen molar-refractivity contribution in [2.24, 2.45) is 0 Å². The van der Waals surface area contributed by atoms with Gasteiger partial charge in [-0.2, -0.15) is 4.31 Å². The van der Waals surface area contributed by atoms with Crippen molar-refractivity contribution in [3.8, 4) is 5.75 Å². The maximum absolute atomic E-state index is 13.6. The van der Waals surface area contributed by atoms with Gasteiger partial charge in [0.1, 0.15) is 5.75 Å². The monoisotopic (exact) mass is 436 g/mol. The van der Waals surface area contributed by atoms with Gasteiger partial charge in [0.25, 0.3) is 0 Å². The summed E-state index contributed by atoms with van der Waals surface area (Å²) in [6, 6.07) is 5.27. The van der Waals surface area contributed by atoms with Gasteiger partial charge in [0.2, 0.25) is 15.9 Å². The lowest BCUT2D eigenvalue weighted by Crippen LogP contribution is -2.35. The third-order valence-corrected chi connectivity index (χ3v) is 5.68. The lowest BCUT2D eigenvalue weighted by Gasteiger charge is -2.18. The van der Waals surface area contributed by atoms with Crippen LogP contribution >= 0.6 is 11.6 Å². The zero-order valence-corrected chi connectivity index (χ0v) is 16.4. The first-order valence-corrected chi connectivity index (χ1v) is 9.71. The van der Waals surface area contributed by atoms with Crippen molar-refractivity contribution in [2.45, 2.75) is 11.8 Å². The van der Waals surface area contributed by atoms with Crippen LogP contribution < -0.4 is 10.1 Å². The standard InChI is InChI=1S/C17H16ClF3N2O4S/c1-3-27-14-7-4-10(8-11(14)18)28(25,26)23(2)9-15(24)22-13-6-5-12(19)16(20)17(13)21/h4-8H,3,9H2,1-2H3,(H,22,24). The number of hydrogen-bond acceptors (Lipinski definition) is 4. The van der Waals surface area contributed by atoms with Crippen LogP contribution in [-0.4, -0.2) is 38.8 Å². The van der Waals surface area contributed by atoms with E-state index in [1.165, 1.54) is 18.2 Å². The number of amides is 1. The number of benzene rings is 2. The molecule has 0 saturated carbocycles. The maximum Gasteiger partial charge on any atom is 0.243 e. The van der Waals surface area contributed by atoms with Crippen molar-refractivity contribution < 1.29 is 31.1 Å². The van der Waals surface area contributed by atoms with Gasteiger partial charge in [-0.05, 0) is 37.3 Å². The molecule has 0 spiro atoms. The molecule has 0 aliphatic heterocycles. The molecule has 2 rings (SSSR count). The molecule has 2 aromatic carbocycles. The van der Waals surface area contributed by atoms with E-state index in [1.807, 2.05) is 5.32 Å². The number of halogens is 4. The molecule has 28 heavy (non-hydrogen) atoms. The number of anilines is 1. The predicted molar refractivity (Wildman–Crippen MR) is 97.4 cm³/mol. The lowest BCUT2D eigenvalue weighted by molar-refractivity contribution is -0.116. The van der Waals surface area contributed by atoms with E-state index in [1.54, 1.807) is 6.92 Å². The normalized spacial score (nSPS) is 11.5. The van der Waals surface area contributed by atoms with E-state index in [9.17, 15) is 26.4 Å². The maximum atomic E-state index is 13.6. The number of rotatable bonds is 7. The Labute approximate surface area is 164 Å². The van der Waals surface area contributed by atoms with Gasteiger partial charge < -0.3 is 10.1 Å². The number of likely N-dealkylation sites (N-methyl/N-ethyl adjacent to an activating group) is 1. The Morgan fingerprint density at radius 3 is 2.46 bits per heavy atom. The van der Waals surface area contributed by atoms with Crippen LogP contribution in [0.4, 0.5) is 18.9 Å². The van der Waals surface area contributed by atoms with Crippen LogP contribution in [-0.2, 0) is 14.8 Å². The first-order valence-electron chi connectivity index (χ1n) is 7.90. The summed E-state index contributed by atoms with van der Waals surface area (Å²) in [7, 11) is -2.97. The van der Waals surface area contributed by atoms with Gasteiger partial charge in [-0.1, -0.05) is 11.6 Å². The van der Waals surface area contributed by atoms with Gasteiger partial charge in [-0.3, -0.25) is 4.79 Å². The molecule has 0 heterocycles. The largest absolute Gasteiger partial charge is 0.492 e. The van der Waals surface area contributed by atoms with Gasteiger partial charge in [-0.25, -0.2) is 21.6 Å². The molecule has 0 aromatic heterocycles. The number of hydrogen-bond donors (Lipinski definition) is 1. The first kappa shape index (κ1) is 22.0. The van der Waals surface area contributed by atoms with Crippen LogP contribution in [0.5, 0.6) is 5.75 Å². The number of nitrogens with zero attached hydrogens (tertiary/aromatic N) is 1. The molecule has 1 amide bonds. The Hall–Kier alpha value is -2.30. The molecule has 0 fully saturated rings. The highest BCUT2D eigenvalue weighted by molar-refractivity contribution is 7.89. The summed E-state index contributed by atoms with van der Waals surface area (Å²) in [5, 5.41) is 2.07. The van der Waals surface area contributed by atoms with Crippen LogP contribution in [0.2, 0.25) is 5.02 Å². The summed E-state index contributed by atoms with van der Waals surface area (Å²) in [5.41, 5.74) is -0.612. The molecular weight excluding hydrogens is 421 g/mol. The fourth-order valence-electron chi connectivity index (χ4n) is 2.19. The summed E-state index contributed by atoms with van der Waals surface area (Å²) in [5.74, 6) is -5.40. The van der Waals surface area contributed by atoms with Crippen LogP contribution in [0.15, 0.2) is 35.2 Å². The number of sulfonamides is 1. The van der Waals surface area contributed by atoms with Crippen molar-refractivity contribution in [2.75, 3.05) is 25.5 Å². The second-order valence-corrected chi connectivity index (χ2v) is 8.01. The van der Waals surface area contributed by atoms with Crippen molar-refractivity contribution in [1.29, 1.82) is 0 Å². The molecule has 0 saturated heterocycles. The smallest absolute Gasteiger partial charge is 0.243 e. The Morgan fingerprint density at radius 2 is 1.86 bits per heavy atom. The molecule has 0 bridgehead atoms. The molecule has 6 nitrogen and oxygen atoms in total. The minimum Gasteiger partial charge on any atom is -0.492 e. The zero-order chi connectivity index (χ0) is 21.1. The fraction of sp³-hybridized carbons (Fsp3) is 0.235. The number of carbonyl (C=O) groups is 1. The van der Waals surface area contributed by atoms with Gasteiger partial charge >= 0.3 is 0 Å². The minimum atomic E-state index is -4.10. The molecule has 2 aromatic rings. The van der Waals surface area contributed by atoms with E-state index in [-0.39, 0.29) is 9.92 Å². The minimum absolute atomic E-state index is 0.0737. The second-order valence-electron chi connectivity index (χ2n) is 5.56. The van der Waals surface area contributed by atoms with E-state index in [0.717, 1.165) is 13.1 Å². The topological polar surface area (TPSA) is 75.7 Å². The molecule has 11 heteroatoms. The average molecular weight is 437 g/mol. The van der Waals surface area contributed by atoms with Crippen molar-refractivity contribution in [3.05, 3.63) is 52.8 Å². The summed E-state index contributed by atoms with van der Waals surface area (Å²) in [6.07, 6.45) is 0. The van der Waals surface area contributed by atoms with E-state index >= 15 is 0 Å². The highest BCUT2D eigenvalue weighted by atomic mass is 35.5. The Bertz CT molecular complexity index is 1000. The Balaban J connectivity index is 2.15. The van der Waals surface area contributed by atoms with Crippen LogP contribution in [0, 0.1) is 17.5 Å². The quantitative estimate of drug-likeness (QED) is 0.675. The second kappa shape index (κ2) is 8.80. The number of carbonyl (C=O) groups excluding carboxylic acids is 1. The molecule has 0 atom stereocenters. The molecule has 1 N–H and O–H groups in total. The highest BCUT2D eigenvalue weighted by Gasteiger charge is 2.25. The summed E-state index contributed by atoms with van der Waals surface area (Å²) < 4.78 is 70.8. The van der Waals surface area contributed by atoms with Gasteiger partial charge in [0.15, 0.2) is 17.5 Å².